The maximum absolute atomic E-state index is 12.8. The van der Waals surface area contributed by atoms with Crippen LogP contribution in [0.15, 0.2) is 36.5 Å². The molecule has 5 heteroatoms. The number of carbonyl (C=O) groups excluding carboxylic acids is 2. The molecule has 0 heterocycles. The van der Waals surface area contributed by atoms with E-state index in [9.17, 15) is 9.59 Å². The van der Waals surface area contributed by atoms with Crippen molar-refractivity contribution in [1.29, 1.82) is 0 Å². The van der Waals surface area contributed by atoms with Crippen molar-refractivity contribution in [1.82, 2.24) is 0 Å². The molecular weight excluding hydrogens is 741 g/mol. The Balaban J connectivity index is 4.18. The molecule has 0 saturated carbocycles. The lowest BCUT2D eigenvalue weighted by Crippen LogP contribution is -2.30. The normalized spacial score (nSPS) is 12.4. The molecule has 0 N–H and O–H groups in total. The second kappa shape index (κ2) is 51.5. The Labute approximate surface area is 374 Å². The molecule has 0 spiro atoms. The Morgan fingerprint density at radius 3 is 1.08 bits per heavy atom. The fraction of sp³-hybridized carbons (Fsp3) is 0.855. The number of hydrogen-bond acceptors (Lipinski definition) is 5. The summed E-state index contributed by atoms with van der Waals surface area (Å²) in [6, 6.07) is 0. The van der Waals surface area contributed by atoms with Crippen LogP contribution in [-0.4, -0.2) is 37.9 Å². The van der Waals surface area contributed by atoms with Crippen LogP contribution in [0.25, 0.3) is 0 Å². The topological polar surface area (TPSA) is 61.8 Å². The Morgan fingerprint density at radius 2 is 0.667 bits per heavy atom. The number of esters is 2. The number of carbonyl (C=O) groups is 2. The zero-order chi connectivity index (χ0) is 43.5. The molecule has 0 saturated heterocycles. The Bertz CT molecular complexity index is 955. The van der Waals surface area contributed by atoms with Crippen molar-refractivity contribution in [3.8, 4) is 0 Å². The van der Waals surface area contributed by atoms with Gasteiger partial charge in [-0.25, -0.2) is 0 Å². The molecule has 0 bridgehead atoms. The number of rotatable bonds is 49. The van der Waals surface area contributed by atoms with E-state index < -0.39 is 6.10 Å². The molecule has 0 radical (unpaired) electrons. The highest BCUT2D eigenvalue weighted by Crippen LogP contribution is 2.15. The van der Waals surface area contributed by atoms with Crippen molar-refractivity contribution in [2.24, 2.45) is 0 Å². The van der Waals surface area contributed by atoms with Crippen molar-refractivity contribution in [2.75, 3.05) is 19.8 Å². The van der Waals surface area contributed by atoms with Gasteiger partial charge < -0.3 is 14.2 Å². The second-order valence-electron chi connectivity index (χ2n) is 17.8. The van der Waals surface area contributed by atoms with Gasteiger partial charge in [0.1, 0.15) is 6.61 Å². The van der Waals surface area contributed by atoms with Gasteiger partial charge in [-0.1, -0.05) is 211 Å². The van der Waals surface area contributed by atoms with Gasteiger partial charge in [-0.15, -0.1) is 0 Å². The quantitative estimate of drug-likeness (QED) is 0.0347. The number of hydrogen-bond donors (Lipinski definition) is 0. The van der Waals surface area contributed by atoms with Gasteiger partial charge in [-0.05, 0) is 89.9 Å². The third-order valence-corrected chi connectivity index (χ3v) is 11.6. The van der Waals surface area contributed by atoms with Crippen LogP contribution >= 0.6 is 0 Å². The largest absolute Gasteiger partial charge is 0.462 e. The molecular formula is C55H102O5. The molecule has 0 aliphatic carbocycles. The van der Waals surface area contributed by atoms with E-state index in [0.29, 0.717) is 19.4 Å². The highest BCUT2D eigenvalue weighted by atomic mass is 16.6. The van der Waals surface area contributed by atoms with Crippen LogP contribution in [0.4, 0.5) is 0 Å². The smallest absolute Gasteiger partial charge is 0.306 e. The molecule has 0 aromatic heterocycles. The molecule has 5 nitrogen and oxygen atoms in total. The SMILES string of the molecule is CCCC/C=C\CCCCCCCC(=O)OC(COCCCCCCCCCCCC/C=C\CCCCCCCC)COC(=O)CCCCCCC/C=C\CCCCCC. The van der Waals surface area contributed by atoms with E-state index in [1.165, 1.54) is 180 Å². The Morgan fingerprint density at radius 1 is 0.350 bits per heavy atom. The van der Waals surface area contributed by atoms with Gasteiger partial charge in [-0.2, -0.15) is 0 Å². The first kappa shape index (κ1) is 58.1. The molecule has 0 aromatic carbocycles. The summed E-state index contributed by atoms with van der Waals surface area (Å²) < 4.78 is 17.4. The summed E-state index contributed by atoms with van der Waals surface area (Å²) in [4.78, 5) is 25.3. The molecule has 352 valence electrons. The van der Waals surface area contributed by atoms with E-state index in [2.05, 4.69) is 57.2 Å². The Hall–Kier alpha value is -1.88. The molecule has 1 atom stereocenters. The van der Waals surface area contributed by atoms with Crippen LogP contribution in [0, 0.1) is 0 Å². The maximum Gasteiger partial charge on any atom is 0.306 e. The van der Waals surface area contributed by atoms with Crippen molar-refractivity contribution in [3.63, 3.8) is 0 Å². The first-order valence-corrected chi connectivity index (χ1v) is 26.5. The van der Waals surface area contributed by atoms with E-state index in [-0.39, 0.29) is 25.2 Å². The standard InChI is InChI=1S/C55H102O5/c1-4-7-10-13-16-19-22-24-25-26-27-28-29-30-32-35-38-41-44-47-50-58-51-53(60-55(57)49-46-43-40-37-33-21-18-15-12-9-6-3)52-59-54(56)48-45-42-39-36-34-31-23-20-17-14-11-8-5-2/h15,18,20,23-25,53H,4-14,16-17,19,21-22,26-52H2,1-3H3/b18-15-,23-20-,25-24-. The van der Waals surface area contributed by atoms with Crippen LogP contribution in [0.5, 0.6) is 0 Å². The summed E-state index contributed by atoms with van der Waals surface area (Å²) in [5.74, 6) is -0.408. The van der Waals surface area contributed by atoms with Gasteiger partial charge in [0.25, 0.3) is 0 Å². The lowest BCUT2D eigenvalue weighted by Gasteiger charge is -2.18. The van der Waals surface area contributed by atoms with Crippen LogP contribution < -0.4 is 0 Å². The van der Waals surface area contributed by atoms with Crippen molar-refractivity contribution >= 4 is 11.9 Å². The maximum atomic E-state index is 12.8. The van der Waals surface area contributed by atoms with Crippen molar-refractivity contribution in [3.05, 3.63) is 36.5 Å². The monoisotopic (exact) mass is 843 g/mol. The van der Waals surface area contributed by atoms with Crippen LogP contribution in [0.3, 0.4) is 0 Å². The van der Waals surface area contributed by atoms with Crippen molar-refractivity contribution < 1.29 is 23.8 Å². The molecule has 1 unspecified atom stereocenters. The molecule has 60 heavy (non-hydrogen) atoms. The minimum atomic E-state index is -0.540. The first-order chi connectivity index (χ1) is 29.6. The fourth-order valence-corrected chi connectivity index (χ4v) is 7.60. The predicted molar refractivity (Wildman–Crippen MR) is 261 cm³/mol. The molecule has 0 fully saturated rings. The highest BCUT2D eigenvalue weighted by molar-refractivity contribution is 5.70. The zero-order valence-electron chi connectivity index (χ0n) is 40.5. The predicted octanol–water partition coefficient (Wildman–Crippen LogP) is 17.8. The third kappa shape index (κ3) is 48.8. The van der Waals surface area contributed by atoms with E-state index in [0.717, 1.165) is 64.2 Å². The first-order valence-electron chi connectivity index (χ1n) is 26.5. The zero-order valence-corrected chi connectivity index (χ0v) is 40.5. The van der Waals surface area contributed by atoms with Crippen molar-refractivity contribution in [2.45, 2.75) is 284 Å². The number of ether oxygens (including phenoxy) is 3. The van der Waals surface area contributed by atoms with Crippen LogP contribution in [-0.2, 0) is 23.8 Å². The van der Waals surface area contributed by atoms with Crippen LogP contribution in [0.1, 0.15) is 278 Å². The summed E-state index contributed by atoms with van der Waals surface area (Å²) in [5.41, 5.74) is 0. The second-order valence-corrected chi connectivity index (χ2v) is 17.8. The molecule has 0 aliphatic heterocycles. The number of allylic oxidation sites excluding steroid dienone is 6. The molecule has 0 aliphatic rings. The molecule has 0 aromatic rings. The van der Waals surface area contributed by atoms with Crippen LogP contribution in [0.2, 0.25) is 0 Å². The summed E-state index contributed by atoms with van der Waals surface area (Å²) in [7, 11) is 0. The van der Waals surface area contributed by atoms with E-state index in [4.69, 9.17) is 14.2 Å². The lowest BCUT2D eigenvalue weighted by molar-refractivity contribution is -0.163. The summed E-state index contributed by atoms with van der Waals surface area (Å²) in [6.07, 6.45) is 61.6. The minimum absolute atomic E-state index is 0.0804. The minimum Gasteiger partial charge on any atom is -0.462 e. The van der Waals surface area contributed by atoms with E-state index >= 15 is 0 Å². The summed E-state index contributed by atoms with van der Waals surface area (Å²) >= 11 is 0. The molecule has 0 amide bonds. The van der Waals surface area contributed by atoms with Gasteiger partial charge in [0.15, 0.2) is 6.10 Å². The molecule has 0 rings (SSSR count). The van der Waals surface area contributed by atoms with E-state index in [1.54, 1.807) is 0 Å². The van der Waals surface area contributed by atoms with Gasteiger partial charge in [0.05, 0.1) is 6.61 Å². The highest BCUT2D eigenvalue weighted by Gasteiger charge is 2.17. The average Bonchev–Trinajstić information content (AvgIpc) is 3.25. The van der Waals surface area contributed by atoms with Gasteiger partial charge >= 0.3 is 11.9 Å². The lowest BCUT2D eigenvalue weighted by atomic mass is 10.1. The average molecular weight is 843 g/mol. The fourth-order valence-electron chi connectivity index (χ4n) is 7.60. The van der Waals surface area contributed by atoms with Gasteiger partial charge in [-0.3, -0.25) is 9.59 Å². The van der Waals surface area contributed by atoms with E-state index in [1.807, 2.05) is 0 Å². The number of unbranched alkanes of at least 4 members (excludes halogenated alkanes) is 32. The van der Waals surface area contributed by atoms with Gasteiger partial charge in [0, 0.05) is 19.4 Å². The Kier molecular flexibility index (Phi) is 49.9. The summed E-state index contributed by atoms with van der Waals surface area (Å²) in [6.45, 7) is 7.79. The summed E-state index contributed by atoms with van der Waals surface area (Å²) in [5, 5.41) is 0. The third-order valence-electron chi connectivity index (χ3n) is 11.6. The van der Waals surface area contributed by atoms with Gasteiger partial charge in [0.2, 0.25) is 0 Å².